The monoisotopic (exact) mass is 401 g/mol. The molecule has 5 rings (SSSR count). The fourth-order valence-corrected chi connectivity index (χ4v) is 4.29. The molecule has 1 aliphatic rings. The average molecular weight is 402 g/mol. The highest BCUT2D eigenvalue weighted by Crippen LogP contribution is 2.30. The molecule has 0 unspecified atom stereocenters. The van der Waals surface area contributed by atoms with Gasteiger partial charge in [-0.05, 0) is 28.5 Å². The van der Waals surface area contributed by atoms with Gasteiger partial charge in [0.05, 0.1) is 12.1 Å². The normalized spacial score (nSPS) is 13.5. The molecule has 3 aromatic carbocycles. The Bertz CT molecular complexity index is 1210. The third-order valence-electron chi connectivity index (χ3n) is 5.61. The number of nitrogens with one attached hydrogen (secondary N) is 1. The fraction of sp³-hybridized carbons (Fsp3) is 0.167. The van der Waals surface area contributed by atoms with Crippen molar-refractivity contribution in [1.82, 2.24) is 15.1 Å². The first-order valence-electron chi connectivity index (χ1n) is 9.75. The zero-order valence-electron chi connectivity index (χ0n) is 15.9. The number of aromatic nitrogens is 2. The van der Waals surface area contributed by atoms with E-state index < -0.39 is 0 Å². The largest absolute Gasteiger partial charge is 0.338 e. The summed E-state index contributed by atoms with van der Waals surface area (Å²) in [7, 11) is 0. The van der Waals surface area contributed by atoms with Crippen LogP contribution >= 0.6 is 11.6 Å². The van der Waals surface area contributed by atoms with Gasteiger partial charge in [-0.1, -0.05) is 66.2 Å². The van der Waals surface area contributed by atoms with Crippen LogP contribution in [-0.4, -0.2) is 27.5 Å². The summed E-state index contributed by atoms with van der Waals surface area (Å²) in [5, 5.41) is 10.6. The van der Waals surface area contributed by atoms with Gasteiger partial charge in [0.1, 0.15) is 0 Å². The van der Waals surface area contributed by atoms with Crippen LogP contribution in [0.2, 0.25) is 5.02 Å². The summed E-state index contributed by atoms with van der Waals surface area (Å²) in [5.74, 6) is 0.144. The Morgan fingerprint density at radius 3 is 2.79 bits per heavy atom. The summed E-state index contributed by atoms with van der Waals surface area (Å²) in [6.45, 7) is 1.27. The van der Waals surface area contributed by atoms with Crippen LogP contribution in [0.3, 0.4) is 0 Å². The summed E-state index contributed by atoms with van der Waals surface area (Å²) >= 11 is 6.16. The molecule has 1 amide bonds. The number of amides is 1. The molecule has 0 aliphatic carbocycles. The Morgan fingerprint density at radius 2 is 1.90 bits per heavy atom. The lowest BCUT2D eigenvalue weighted by Crippen LogP contribution is -2.36. The van der Waals surface area contributed by atoms with E-state index >= 15 is 0 Å². The number of benzene rings is 3. The third kappa shape index (κ3) is 3.40. The number of carbonyl (C=O) groups excluding carboxylic acids is 1. The van der Waals surface area contributed by atoms with Gasteiger partial charge in [0.2, 0.25) is 5.91 Å². The van der Waals surface area contributed by atoms with Crippen molar-refractivity contribution in [3.05, 3.63) is 88.6 Å². The van der Waals surface area contributed by atoms with Gasteiger partial charge in [-0.15, -0.1) is 0 Å². The quantitative estimate of drug-likeness (QED) is 0.524. The van der Waals surface area contributed by atoms with Crippen LogP contribution < -0.4 is 0 Å². The molecule has 4 aromatic rings. The first-order valence-corrected chi connectivity index (χ1v) is 10.1. The SMILES string of the molecule is O=C(Cc1cccc2ccccc12)N1CCc2[nH]nc(-c3cccc(Cl)c3)c2C1. The van der Waals surface area contributed by atoms with Crippen LogP contribution in [0.25, 0.3) is 22.0 Å². The number of hydrogen-bond acceptors (Lipinski definition) is 2. The van der Waals surface area contributed by atoms with E-state index in [1.54, 1.807) is 0 Å². The second-order valence-corrected chi connectivity index (χ2v) is 7.86. The minimum absolute atomic E-state index is 0.144. The molecule has 29 heavy (non-hydrogen) atoms. The first-order chi connectivity index (χ1) is 14.2. The van der Waals surface area contributed by atoms with Crippen molar-refractivity contribution < 1.29 is 4.79 Å². The van der Waals surface area contributed by atoms with Gasteiger partial charge in [0.15, 0.2) is 0 Å². The highest BCUT2D eigenvalue weighted by Gasteiger charge is 2.26. The van der Waals surface area contributed by atoms with E-state index in [9.17, 15) is 4.79 Å². The van der Waals surface area contributed by atoms with Crippen molar-refractivity contribution in [2.75, 3.05) is 6.54 Å². The number of hydrogen-bond donors (Lipinski definition) is 1. The van der Waals surface area contributed by atoms with Crippen molar-refractivity contribution in [3.8, 4) is 11.3 Å². The molecule has 4 nitrogen and oxygen atoms in total. The van der Waals surface area contributed by atoms with E-state index in [0.29, 0.717) is 24.5 Å². The van der Waals surface area contributed by atoms with Gasteiger partial charge < -0.3 is 4.90 Å². The fourth-order valence-electron chi connectivity index (χ4n) is 4.10. The molecule has 5 heteroatoms. The maximum atomic E-state index is 13.1. The van der Waals surface area contributed by atoms with Gasteiger partial charge in [0, 0.05) is 41.4 Å². The molecular formula is C24H20ClN3O. The zero-order chi connectivity index (χ0) is 19.8. The molecule has 1 aliphatic heterocycles. The van der Waals surface area contributed by atoms with Gasteiger partial charge in [0.25, 0.3) is 0 Å². The summed E-state index contributed by atoms with van der Waals surface area (Å²) in [6.07, 6.45) is 1.19. The van der Waals surface area contributed by atoms with Crippen LogP contribution in [0.1, 0.15) is 16.8 Å². The molecule has 0 spiro atoms. The van der Waals surface area contributed by atoms with Crippen LogP contribution in [-0.2, 0) is 24.2 Å². The second kappa shape index (κ2) is 7.37. The van der Waals surface area contributed by atoms with Gasteiger partial charge in [-0.3, -0.25) is 9.89 Å². The van der Waals surface area contributed by atoms with E-state index in [1.807, 2.05) is 53.4 Å². The van der Waals surface area contributed by atoms with Crippen LogP contribution in [0.4, 0.5) is 0 Å². The Balaban J connectivity index is 1.41. The van der Waals surface area contributed by atoms with Crippen molar-refractivity contribution in [1.29, 1.82) is 0 Å². The number of halogens is 1. The molecule has 0 saturated carbocycles. The zero-order valence-corrected chi connectivity index (χ0v) is 16.6. The molecule has 1 aromatic heterocycles. The summed E-state index contributed by atoms with van der Waals surface area (Å²) in [5.41, 5.74) is 5.11. The number of fused-ring (bicyclic) bond motifs is 2. The number of nitrogens with zero attached hydrogens (tertiary/aromatic N) is 2. The third-order valence-corrected chi connectivity index (χ3v) is 5.84. The van der Waals surface area contributed by atoms with Crippen LogP contribution in [0.5, 0.6) is 0 Å². The Morgan fingerprint density at radius 1 is 1.07 bits per heavy atom. The highest BCUT2D eigenvalue weighted by atomic mass is 35.5. The van der Waals surface area contributed by atoms with Crippen LogP contribution in [0.15, 0.2) is 66.7 Å². The second-order valence-electron chi connectivity index (χ2n) is 7.42. The molecule has 1 N–H and O–H groups in total. The van der Waals surface area contributed by atoms with Crippen molar-refractivity contribution in [2.24, 2.45) is 0 Å². The highest BCUT2D eigenvalue weighted by molar-refractivity contribution is 6.30. The molecule has 0 bridgehead atoms. The average Bonchev–Trinajstić information content (AvgIpc) is 3.17. The van der Waals surface area contributed by atoms with Crippen molar-refractivity contribution in [2.45, 2.75) is 19.4 Å². The summed E-state index contributed by atoms with van der Waals surface area (Å²) in [4.78, 5) is 15.1. The van der Waals surface area contributed by atoms with Gasteiger partial charge in [-0.2, -0.15) is 5.10 Å². The van der Waals surface area contributed by atoms with Crippen molar-refractivity contribution >= 4 is 28.3 Å². The van der Waals surface area contributed by atoms with Gasteiger partial charge in [-0.25, -0.2) is 0 Å². The van der Waals surface area contributed by atoms with E-state index in [0.717, 1.165) is 45.3 Å². The summed E-state index contributed by atoms with van der Waals surface area (Å²) < 4.78 is 0. The lowest BCUT2D eigenvalue weighted by Gasteiger charge is -2.27. The van der Waals surface area contributed by atoms with E-state index in [4.69, 9.17) is 11.6 Å². The number of H-pyrrole nitrogens is 1. The van der Waals surface area contributed by atoms with E-state index in [-0.39, 0.29) is 5.91 Å². The predicted molar refractivity (Wildman–Crippen MR) is 116 cm³/mol. The number of aromatic amines is 1. The smallest absolute Gasteiger partial charge is 0.227 e. The lowest BCUT2D eigenvalue weighted by molar-refractivity contribution is -0.131. The molecule has 0 fully saturated rings. The topological polar surface area (TPSA) is 49.0 Å². The first kappa shape index (κ1) is 18.0. The van der Waals surface area contributed by atoms with Crippen molar-refractivity contribution in [3.63, 3.8) is 0 Å². The van der Waals surface area contributed by atoms with Gasteiger partial charge >= 0.3 is 0 Å². The van der Waals surface area contributed by atoms with E-state index in [2.05, 4.69) is 28.4 Å². The molecule has 0 saturated heterocycles. The minimum atomic E-state index is 0.144. The number of rotatable bonds is 3. The maximum absolute atomic E-state index is 13.1. The molecule has 0 atom stereocenters. The molecule has 2 heterocycles. The molecular weight excluding hydrogens is 382 g/mol. The molecule has 144 valence electrons. The minimum Gasteiger partial charge on any atom is -0.338 e. The number of carbonyl (C=O) groups is 1. The Hall–Kier alpha value is -3.11. The Labute approximate surface area is 174 Å². The Kier molecular flexibility index (Phi) is 4.57. The predicted octanol–water partition coefficient (Wildman–Crippen LogP) is 5.01. The molecule has 0 radical (unpaired) electrons. The maximum Gasteiger partial charge on any atom is 0.227 e. The van der Waals surface area contributed by atoms with Crippen LogP contribution in [0, 0.1) is 0 Å². The van der Waals surface area contributed by atoms with E-state index in [1.165, 1.54) is 0 Å². The standard InChI is InChI=1S/C24H20ClN3O/c25-19-9-4-8-18(13-19)24-21-15-28(12-11-22(21)26-27-24)23(29)14-17-7-3-6-16-5-1-2-10-20(16)17/h1-10,13H,11-12,14-15H2,(H,26,27). The summed E-state index contributed by atoms with van der Waals surface area (Å²) in [6, 6.07) is 22.0. The lowest BCUT2D eigenvalue weighted by atomic mass is 9.99.